The molecule has 0 rings (SSSR count). The van der Waals surface area contributed by atoms with Crippen molar-refractivity contribution in [3.8, 4) is 0 Å². The van der Waals surface area contributed by atoms with E-state index in [1.54, 1.807) is 14.0 Å². The SMILES string of the molecule is COC(C)(C)CC(C)O. The molecular formula is C7H16O2. The zero-order valence-electron chi connectivity index (χ0n) is 6.64. The molecule has 1 atom stereocenters. The van der Waals surface area contributed by atoms with Crippen LogP contribution in [0.15, 0.2) is 0 Å². The van der Waals surface area contributed by atoms with Crippen LogP contribution >= 0.6 is 0 Å². The molecule has 2 heteroatoms. The number of aliphatic hydroxyl groups excluding tert-OH is 1. The largest absolute Gasteiger partial charge is 0.393 e. The van der Waals surface area contributed by atoms with Gasteiger partial charge in [-0.2, -0.15) is 0 Å². The van der Waals surface area contributed by atoms with Crippen molar-refractivity contribution in [3.63, 3.8) is 0 Å². The van der Waals surface area contributed by atoms with Crippen molar-refractivity contribution in [1.82, 2.24) is 0 Å². The second-order valence-corrected chi connectivity index (χ2v) is 3.02. The molecule has 0 aliphatic heterocycles. The highest BCUT2D eigenvalue weighted by molar-refractivity contribution is 4.69. The van der Waals surface area contributed by atoms with Gasteiger partial charge < -0.3 is 9.84 Å². The Balaban J connectivity index is 3.58. The van der Waals surface area contributed by atoms with E-state index < -0.39 is 0 Å². The average Bonchev–Trinajstić information content (AvgIpc) is 1.63. The van der Waals surface area contributed by atoms with Gasteiger partial charge in [-0.15, -0.1) is 0 Å². The second-order valence-electron chi connectivity index (χ2n) is 3.02. The molecule has 0 fully saturated rings. The van der Waals surface area contributed by atoms with Crippen molar-refractivity contribution in [2.75, 3.05) is 7.11 Å². The summed E-state index contributed by atoms with van der Waals surface area (Å²) in [5, 5.41) is 8.94. The van der Waals surface area contributed by atoms with E-state index in [9.17, 15) is 0 Å². The van der Waals surface area contributed by atoms with E-state index in [1.807, 2.05) is 13.8 Å². The number of aliphatic hydroxyl groups is 1. The Labute approximate surface area is 56.8 Å². The van der Waals surface area contributed by atoms with Gasteiger partial charge in [-0.25, -0.2) is 0 Å². The maximum atomic E-state index is 8.94. The molecule has 56 valence electrons. The lowest BCUT2D eigenvalue weighted by Crippen LogP contribution is -2.27. The quantitative estimate of drug-likeness (QED) is 0.625. The molecule has 0 aliphatic carbocycles. The maximum absolute atomic E-state index is 8.94. The predicted molar refractivity (Wildman–Crippen MR) is 37.4 cm³/mol. The molecule has 0 heterocycles. The van der Waals surface area contributed by atoms with E-state index in [0.29, 0.717) is 6.42 Å². The molecule has 9 heavy (non-hydrogen) atoms. The van der Waals surface area contributed by atoms with Gasteiger partial charge in [0.15, 0.2) is 0 Å². The highest BCUT2D eigenvalue weighted by Gasteiger charge is 2.18. The van der Waals surface area contributed by atoms with Crippen LogP contribution in [0.3, 0.4) is 0 Å². The summed E-state index contributed by atoms with van der Waals surface area (Å²) in [5.74, 6) is 0. The molecule has 1 N–H and O–H groups in total. The van der Waals surface area contributed by atoms with Crippen molar-refractivity contribution < 1.29 is 9.84 Å². The lowest BCUT2D eigenvalue weighted by molar-refractivity contribution is -0.0151. The van der Waals surface area contributed by atoms with Crippen molar-refractivity contribution in [2.24, 2.45) is 0 Å². The van der Waals surface area contributed by atoms with E-state index in [-0.39, 0.29) is 11.7 Å². The van der Waals surface area contributed by atoms with Crippen molar-refractivity contribution >= 4 is 0 Å². The Morgan fingerprint density at radius 2 is 2.00 bits per heavy atom. The first-order valence-corrected chi connectivity index (χ1v) is 3.21. The van der Waals surface area contributed by atoms with Crippen LogP contribution in [0.25, 0.3) is 0 Å². The van der Waals surface area contributed by atoms with Gasteiger partial charge in [0.1, 0.15) is 0 Å². The third-order valence-corrected chi connectivity index (χ3v) is 1.34. The molecule has 0 aliphatic rings. The molecular weight excluding hydrogens is 116 g/mol. The summed E-state index contributed by atoms with van der Waals surface area (Å²) >= 11 is 0. The van der Waals surface area contributed by atoms with Crippen molar-refractivity contribution in [1.29, 1.82) is 0 Å². The zero-order chi connectivity index (χ0) is 7.49. The van der Waals surface area contributed by atoms with E-state index in [2.05, 4.69) is 0 Å². The molecule has 0 amide bonds. The molecule has 0 aromatic heterocycles. The highest BCUT2D eigenvalue weighted by atomic mass is 16.5. The van der Waals surface area contributed by atoms with Gasteiger partial charge in [0.25, 0.3) is 0 Å². The maximum Gasteiger partial charge on any atom is 0.0647 e. The topological polar surface area (TPSA) is 29.5 Å². The fraction of sp³-hybridized carbons (Fsp3) is 1.00. The average molecular weight is 132 g/mol. The Morgan fingerprint density at radius 1 is 1.56 bits per heavy atom. The minimum absolute atomic E-state index is 0.186. The Hall–Kier alpha value is -0.0800. The molecule has 0 aromatic rings. The van der Waals surface area contributed by atoms with Crippen LogP contribution in [0.2, 0.25) is 0 Å². The van der Waals surface area contributed by atoms with Crippen LogP contribution in [0.5, 0.6) is 0 Å². The molecule has 0 radical (unpaired) electrons. The van der Waals surface area contributed by atoms with Crippen LogP contribution in [-0.2, 0) is 4.74 Å². The molecule has 2 nitrogen and oxygen atoms in total. The van der Waals surface area contributed by atoms with Gasteiger partial charge in [0.2, 0.25) is 0 Å². The second kappa shape index (κ2) is 3.18. The minimum Gasteiger partial charge on any atom is -0.393 e. The van der Waals surface area contributed by atoms with E-state index in [1.165, 1.54) is 0 Å². The van der Waals surface area contributed by atoms with E-state index in [4.69, 9.17) is 9.84 Å². The van der Waals surface area contributed by atoms with E-state index in [0.717, 1.165) is 0 Å². The zero-order valence-corrected chi connectivity index (χ0v) is 6.64. The third-order valence-electron chi connectivity index (χ3n) is 1.34. The van der Waals surface area contributed by atoms with Gasteiger partial charge in [-0.1, -0.05) is 0 Å². The van der Waals surface area contributed by atoms with Crippen LogP contribution in [-0.4, -0.2) is 23.9 Å². The summed E-state index contributed by atoms with van der Waals surface area (Å²) in [5.41, 5.74) is -0.186. The predicted octanol–water partition coefficient (Wildman–Crippen LogP) is 1.18. The van der Waals surface area contributed by atoms with Gasteiger partial charge in [-0.05, 0) is 20.8 Å². The number of hydrogen-bond acceptors (Lipinski definition) is 2. The lowest BCUT2D eigenvalue weighted by atomic mass is 10.0. The Kier molecular flexibility index (Phi) is 3.15. The first-order chi connectivity index (χ1) is 3.98. The lowest BCUT2D eigenvalue weighted by Gasteiger charge is -2.23. The van der Waals surface area contributed by atoms with Gasteiger partial charge in [0.05, 0.1) is 11.7 Å². The first kappa shape index (κ1) is 8.92. The molecule has 0 spiro atoms. The first-order valence-electron chi connectivity index (χ1n) is 3.21. The van der Waals surface area contributed by atoms with Crippen LogP contribution < -0.4 is 0 Å². The summed E-state index contributed by atoms with van der Waals surface area (Å²) < 4.78 is 5.09. The normalized spacial score (nSPS) is 15.7. The standard InChI is InChI=1S/C7H16O2/c1-6(8)5-7(2,3)9-4/h6,8H,5H2,1-4H3. The van der Waals surface area contributed by atoms with Crippen LogP contribution in [0.1, 0.15) is 27.2 Å². The summed E-state index contributed by atoms with van der Waals surface area (Å²) in [4.78, 5) is 0. The molecule has 0 aromatic carbocycles. The third kappa shape index (κ3) is 4.43. The smallest absolute Gasteiger partial charge is 0.0647 e. The van der Waals surface area contributed by atoms with Crippen molar-refractivity contribution in [3.05, 3.63) is 0 Å². The number of hydrogen-bond donors (Lipinski definition) is 1. The summed E-state index contributed by atoms with van der Waals surface area (Å²) in [7, 11) is 1.66. The molecule has 1 unspecified atom stereocenters. The Bertz CT molecular complexity index is 77.0. The fourth-order valence-corrected chi connectivity index (χ4v) is 0.795. The fourth-order valence-electron chi connectivity index (χ4n) is 0.795. The number of methoxy groups -OCH3 is 1. The van der Waals surface area contributed by atoms with Gasteiger partial charge in [-0.3, -0.25) is 0 Å². The Morgan fingerprint density at radius 3 is 2.11 bits per heavy atom. The van der Waals surface area contributed by atoms with E-state index >= 15 is 0 Å². The summed E-state index contributed by atoms with van der Waals surface area (Å²) in [6.07, 6.45) is 0.406. The summed E-state index contributed by atoms with van der Waals surface area (Å²) in [6.45, 7) is 5.68. The van der Waals surface area contributed by atoms with Crippen LogP contribution in [0.4, 0.5) is 0 Å². The number of ether oxygens (including phenoxy) is 1. The molecule has 0 saturated heterocycles. The van der Waals surface area contributed by atoms with Gasteiger partial charge in [0, 0.05) is 13.5 Å². The van der Waals surface area contributed by atoms with Crippen molar-refractivity contribution in [2.45, 2.75) is 38.9 Å². The summed E-state index contributed by atoms with van der Waals surface area (Å²) in [6, 6.07) is 0. The van der Waals surface area contributed by atoms with Crippen LogP contribution in [0, 0.1) is 0 Å². The highest BCUT2D eigenvalue weighted by Crippen LogP contribution is 2.14. The minimum atomic E-state index is -0.278. The number of rotatable bonds is 3. The molecule has 0 saturated carbocycles. The monoisotopic (exact) mass is 132 g/mol. The molecule has 0 bridgehead atoms. The van der Waals surface area contributed by atoms with Gasteiger partial charge >= 0.3 is 0 Å².